The van der Waals surface area contributed by atoms with Crippen molar-refractivity contribution in [3.8, 4) is 0 Å². The second-order valence-corrected chi connectivity index (χ2v) is 3.26. The van der Waals surface area contributed by atoms with Crippen molar-refractivity contribution in [2.75, 3.05) is 0 Å². The molecule has 4 heteroatoms. The minimum absolute atomic E-state index is 0.0514. The number of nitrogens with two attached hydrogens (primary N) is 1. The summed E-state index contributed by atoms with van der Waals surface area (Å²) in [6.45, 7) is 0. The maximum absolute atomic E-state index is 10.7. The van der Waals surface area contributed by atoms with Crippen LogP contribution < -0.4 is 11.1 Å². The Morgan fingerprint density at radius 1 is 1.62 bits per heavy atom. The largest absolute Gasteiger partial charge is 0.469 e. The molecule has 2 atom stereocenters. The minimum atomic E-state index is -0.324. The summed E-state index contributed by atoms with van der Waals surface area (Å²) < 4.78 is 5.16. The molecule has 0 unspecified atom stereocenters. The van der Waals surface area contributed by atoms with Crippen molar-refractivity contribution >= 4 is 5.91 Å². The van der Waals surface area contributed by atoms with Crippen LogP contribution in [-0.2, 0) is 11.2 Å². The molecule has 0 spiro atoms. The number of carbonyl (C=O) groups excluding carboxylic acids is 1. The highest BCUT2D eigenvalue weighted by Gasteiger charge is 2.35. The number of carbonyl (C=O) groups is 1. The van der Waals surface area contributed by atoms with Crippen molar-refractivity contribution < 1.29 is 9.21 Å². The molecule has 2 rings (SSSR count). The standard InChI is InChI=1S/C9H12N2O2/c10-8-7(11-9(8)12)4-3-6-2-1-5-13-6/h1-2,5,7-8H,3-4,10H2,(H,11,12)/t7-,8+/m1/s1. The van der Waals surface area contributed by atoms with E-state index in [1.807, 2.05) is 12.1 Å². The highest BCUT2D eigenvalue weighted by molar-refractivity contribution is 5.88. The van der Waals surface area contributed by atoms with Gasteiger partial charge in [0, 0.05) is 6.42 Å². The highest BCUT2D eigenvalue weighted by Crippen LogP contribution is 2.12. The first kappa shape index (κ1) is 8.31. The van der Waals surface area contributed by atoms with Crippen LogP contribution >= 0.6 is 0 Å². The molecule has 1 aromatic heterocycles. The van der Waals surface area contributed by atoms with Gasteiger partial charge >= 0.3 is 0 Å². The second-order valence-electron chi connectivity index (χ2n) is 3.26. The van der Waals surface area contributed by atoms with E-state index >= 15 is 0 Å². The van der Waals surface area contributed by atoms with Crippen molar-refractivity contribution in [3.63, 3.8) is 0 Å². The first-order chi connectivity index (χ1) is 6.27. The van der Waals surface area contributed by atoms with Crippen LogP contribution in [0.25, 0.3) is 0 Å². The Kier molecular flexibility index (Phi) is 2.06. The molecule has 1 fully saturated rings. The zero-order valence-electron chi connectivity index (χ0n) is 7.19. The molecule has 1 aliphatic rings. The van der Waals surface area contributed by atoms with Gasteiger partial charge in [-0.25, -0.2) is 0 Å². The van der Waals surface area contributed by atoms with Crippen molar-refractivity contribution in [1.29, 1.82) is 0 Å². The quantitative estimate of drug-likeness (QED) is 0.645. The molecule has 2 heterocycles. The van der Waals surface area contributed by atoms with E-state index in [-0.39, 0.29) is 18.0 Å². The molecule has 0 aliphatic carbocycles. The maximum Gasteiger partial charge on any atom is 0.239 e. The summed E-state index contributed by atoms with van der Waals surface area (Å²) in [5, 5.41) is 2.75. The van der Waals surface area contributed by atoms with Crippen LogP contribution in [-0.4, -0.2) is 18.0 Å². The maximum atomic E-state index is 10.7. The van der Waals surface area contributed by atoms with E-state index in [2.05, 4.69) is 5.32 Å². The number of aryl methyl sites for hydroxylation is 1. The average molecular weight is 180 g/mol. The molecule has 0 saturated carbocycles. The predicted octanol–water partition coefficient (Wildman–Crippen LogP) is 0.0379. The average Bonchev–Trinajstić information content (AvgIpc) is 2.64. The summed E-state index contributed by atoms with van der Waals surface area (Å²) >= 11 is 0. The molecule has 4 nitrogen and oxygen atoms in total. The Labute approximate surface area is 76.1 Å². The summed E-state index contributed by atoms with van der Waals surface area (Å²) in [4.78, 5) is 10.7. The smallest absolute Gasteiger partial charge is 0.239 e. The van der Waals surface area contributed by atoms with Crippen LogP contribution in [0.1, 0.15) is 12.2 Å². The molecule has 1 aromatic rings. The van der Waals surface area contributed by atoms with Gasteiger partial charge in [0.2, 0.25) is 5.91 Å². The third-order valence-electron chi connectivity index (χ3n) is 2.35. The van der Waals surface area contributed by atoms with Gasteiger partial charge in [-0.2, -0.15) is 0 Å². The molecule has 70 valence electrons. The van der Waals surface area contributed by atoms with Gasteiger partial charge in [0.1, 0.15) is 11.8 Å². The van der Waals surface area contributed by atoms with E-state index in [4.69, 9.17) is 10.2 Å². The third-order valence-corrected chi connectivity index (χ3v) is 2.35. The van der Waals surface area contributed by atoms with Gasteiger partial charge in [0.25, 0.3) is 0 Å². The Hall–Kier alpha value is -1.29. The van der Waals surface area contributed by atoms with Crippen molar-refractivity contribution in [2.24, 2.45) is 5.73 Å². The minimum Gasteiger partial charge on any atom is -0.469 e. The molecule has 0 bridgehead atoms. The normalized spacial score (nSPS) is 26.7. The number of β-lactam (4-membered cyclic amide) rings is 1. The molecular weight excluding hydrogens is 168 g/mol. The van der Waals surface area contributed by atoms with Crippen LogP contribution in [0.4, 0.5) is 0 Å². The topological polar surface area (TPSA) is 68.3 Å². The van der Waals surface area contributed by atoms with Gasteiger partial charge in [-0.3, -0.25) is 4.79 Å². The summed E-state index contributed by atoms with van der Waals surface area (Å²) in [5.74, 6) is 0.887. The van der Waals surface area contributed by atoms with Crippen LogP contribution in [0.5, 0.6) is 0 Å². The van der Waals surface area contributed by atoms with Crippen molar-refractivity contribution in [2.45, 2.75) is 24.9 Å². The van der Waals surface area contributed by atoms with E-state index in [9.17, 15) is 4.79 Å². The summed E-state index contributed by atoms with van der Waals surface area (Å²) in [6.07, 6.45) is 3.32. The van der Waals surface area contributed by atoms with Gasteiger partial charge in [0.15, 0.2) is 0 Å². The number of amides is 1. The molecule has 1 amide bonds. The zero-order valence-corrected chi connectivity index (χ0v) is 7.19. The number of nitrogens with one attached hydrogen (secondary N) is 1. The molecule has 0 aromatic carbocycles. The lowest BCUT2D eigenvalue weighted by Gasteiger charge is -2.33. The second kappa shape index (κ2) is 3.22. The predicted molar refractivity (Wildman–Crippen MR) is 46.9 cm³/mol. The van der Waals surface area contributed by atoms with Gasteiger partial charge in [0.05, 0.1) is 12.3 Å². The van der Waals surface area contributed by atoms with Crippen LogP contribution in [0.2, 0.25) is 0 Å². The van der Waals surface area contributed by atoms with Gasteiger partial charge < -0.3 is 15.5 Å². The first-order valence-electron chi connectivity index (χ1n) is 4.36. The molecular formula is C9H12N2O2. The van der Waals surface area contributed by atoms with E-state index in [0.29, 0.717) is 0 Å². The number of furan rings is 1. The summed E-state index contributed by atoms with van der Waals surface area (Å²) in [5.41, 5.74) is 5.56. The first-order valence-corrected chi connectivity index (χ1v) is 4.36. The molecule has 0 radical (unpaired) electrons. The Morgan fingerprint density at radius 2 is 2.46 bits per heavy atom. The van der Waals surface area contributed by atoms with Crippen LogP contribution in [0, 0.1) is 0 Å². The van der Waals surface area contributed by atoms with Crippen molar-refractivity contribution in [3.05, 3.63) is 24.2 Å². The van der Waals surface area contributed by atoms with Crippen LogP contribution in [0.3, 0.4) is 0 Å². The molecule has 13 heavy (non-hydrogen) atoms. The fourth-order valence-corrected chi connectivity index (χ4v) is 1.46. The molecule has 3 N–H and O–H groups in total. The van der Waals surface area contributed by atoms with Gasteiger partial charge in [-0.15, -0.1) is 0 Å². The highest BCUT2D eigenvalue weighted by atomic mass is 16.3. The SMILES string of the molecule is N[C@@H]1C(=O)N[C@@H]1CCc1ccco1. The van der Waals surface area contributed by atoms with E-state index in [0.717, 1.165) is 18.6 Å². The van der Waals surface area contributed by atoms with E-state index in [1.165, 1.54) is 0 Å². The lowest BCUT2D eigenvalue weighted by atomic mass is 9.95. The summed E-state index contributed by atoms with van der Waals surface area (Å²) in [7, 11) is 0. The lowest BCUT2D eigenvalue weighted by molar-refractivity contribution is -0.130. The van der Waals surface area contributed by atoms with Crippen molar-refractivity contribution in [1.82, 2.24) is 5.32 Å². The van der Waals surface area contributed by atoms with Gasteiger partial charge in [-0.05, 0) is 18.6 Å². The molecule has 1 saturated heterocycles. The number of rotatable bonds is 3. The third kappa shape index (κ3) is 1.58. The van der Waals surface area contributed by atoms with E-state index in [1.54, 1.807) is 6.26 Å². The zero-order chi connectivity index (χ0) is 9.26. The monoisotopic (exact) mass is 180 g/mol. The fraction of sp³-hybridized carbons (Fsp3) is 0.444. The Bertz CT molecular complexity index is 295. The fourth-order valence-electron chi connectivity index (χ4n) is 1.46. The summed E-state index contributed by atoms with van der Waals surface area (Å²) in [6, 6.07) is 3.58. The number of hydrogen-bond acceptors (Lipinski definition) is 3. The Morgan fingerprint density at radius 3 is 3.00 bits per heavy atom. The number of hydrogen-bond donors (Lipinski definition) is 2. The molecule has 1 aliphatic heterocycles. The van der Waals surface area contributed by atoms with Crippen LogP contribution in [0.15, 0.2) is 22.8 Å². The van der Waals surface area contributed by atoms with Gasteiger partial charge in [-0.1, -0.05) is 0 Å². The lowest BCUT2D eigenvalue weighted by Crippen LogP contribution is -2.66. The Balaban J connectivity index is 1.78. The van der Waals surface area contributed by atoms with E-state index < -0.39 is 0 Å².